The summed E-state index contributed by atoms with van der Waals surface area (Å²) in [7, 11) is 1.68. The van der Waals surface area contributed by atoms with Crippen molar-refractivity contribution in [2.24, 2.45) is 4.99 Å². The van der Waals surface area contributed by atoms with E-state index in [0.717, 1.165) is 18.4 Å². The molecule has 1 amide bonds. The van der Waals surface area contributed by atoms with Crippen LogP contribution in [0.5, 0.6) is 0 Å². The number of amides is 1. The summed E-state index contributed by atoms with van der Waals surface area (Å²) in [6.07, 6.45) is 1.63. The van der Waals surface area contributed by atoms with Crippen LogP contribution in [0.4, 0.5) is 14.5 Å². The third-order valence-corrected chi connectivity index (χ3v) is 5.67. The summed E-state index contributed by atoms with van der Waals surface area (Å²) in [6, 6.07) is 11.5. The lowest BCUT2D eigenvalue weighted by atomic mass is 10.1. The SMILES string of the molecule is CCC(C)NC(=O)c1ccc(CNC(=NC)NC2CCN(c3c(F)cccc3F)C2)cc1. The molecule has 1 aliphatic rings. The Labute approximate surface area is 188 Å². The molecular formula is C24H31F2N5O. The number of carbonyl (C=O) groups excluding carboxylic acids is 1. The van der Waals surface area contributed by atoms with Gasteiger partial charge < -0.3 is 20.9 Å². The molecule has 32 heavy (non-hydrogen) atoms. The second-order valence-electron chi connectivity index (χ2n) is 8.05. The van der Waals surface area contributed by atoms with Crippen molar-refractivity contribution in [2.45, 2.75) is 45.3 Å². The molecule has 2 aromatic carbocycles. The molecule has 1 fully saturated rings. The highest BCUT2D eigenvalue weighted by molar-refractivity contribution is 5.94. The standard InChI is InChI=1S/C24H31F2N5O/c1-4-16(2)29-23(32)18-10-8-17(9-11-18)14-28-24(27-3)30-19-12-13-31(15-19)22-20(25)6-5-7-21(22)26/h5-11,16,19H,4,12-15H2,1-3H3,(H,29,32)(H2,27,28,30). The minimum Gasteiger partial charge on any atom is -0.365 e. The van der Waals surface area contributed by atoms with E-state index in [4.69, 9.17) is 0 Å². The van der Waals surface area contributed by atoms with E-state index in [9.17, 15) is 13.6 Å². The first-order valence-electron chi connectivity index (χ1n) is 11.0. The van der Waals surface area contributed by atoms with Crippen molar-refractivity contribution < 1.29 is 13.6 Å². The molecule has 6 nitrogen and oxygen atoms in total. The van der Waals surface area contributed by atoms with Gasteiger partial charge in [-0.3, -0.25) is 9.79 Å². The third kappa shape index (κ3) is 5.96. The highest BCUT2D eigenvalue weighted by Gasteiger charge is 2.27. The van der Waals surface area contributed by atoms with E-state index in [1.807, 2.05) is 38.1 Å². The molecule has 0 aliphatic carbocycles. The number of aliphatic imine (C=N–C) groups is 1. The lowest BCUT2D eigenvalue weighted by Gasteiger charge is -2.21. The van der Waals surface area contributed by atoms with Crippen molar-refractivity contribution in [3.63, 3.8) is 0 Å². The Balaban J connectivity index is 1.51. The maximum atomic E-state index is 14.1. The van der Waals surface area contributed by atoms with Gasteiger partial charge in [-0.05, 0) is 49.6 Å². The Bertz CT molecular complexity index is 928. The summed E-state index contributed by atoms with van der Waals surface area (Å²) in [5, 5.41) is 9.52. The Morgan fingerprint density at radius 1 is 1.19 bits per heavy atom. The normalized spacial score (nSPS) is 17.2. The van der Waals surface area contributed by atoms with E-state index in [0.29, 0.717) is 31.2 Å². The molecule has 2 aromatic rings. The van der Waals surface area contributed by atoms with Gasteiger partial charge in [0.1, 0.15) is 17.3 Å². The van der Waals surface area contributed by atoms with Gasteiger partial charge in [0.25, 0.3) is 5.91 Å². The van der Waals surface area contributed by atoms with Crippen LogP contribution in [-0.2, 0) is 6.54 Å². The van der Waals surface area contributed by atoms with Crippen molar-refractivity contribution in [2.75, 3.05) is 25.0 Å². The summed E-state index contributed by atoms with van der Waals surface area (Å²) >= 11 is 0. The number of benzene rings is 2. The van der Waals surface area contributed by atoms with Gasteiger partial charge in [0.2, 0.25) is 0 Å². The fraction of sp³-hybridized carbons (Fsp3) is 0.417. The number of nitrogens with one attached hydrogen (secondary N) is 3. The van der Waals surface area contributed by atoms with Gasteiger partial charge in [0, 0.05) is 44.3 Å². The highest BCUT2D eigenvalue weighted by Crippen LogP contribution is 2.26. The summed E-state index contributed by atoms with van der Waals surface area (Å²) in [5.41, 5.74) is 1.66. The topological polar surface area (TPSA) is 68.8 Å². The number of guanidine groups is 1. The zero-order valence-corrected chi connectivity index (χ0v) is 18.8. The van der Waals surface area contributed by atoms with E-state index < -0.39 is 11.6 Å². The number of rotatable bonds is 7. The molecule has 172 valence electrons. The molecule has 0 radical (unpaired) electrons. The average molecular weight is 444 g/mol. The maximum absolute atomic E-state index is 14.1. The zero-order valence-electron chi connectivity index (χ0n) is 18.8. The largest absolute Gasteiger partial charge is 0.365 e. The van der Waals surface area contributed by atoms with Crippen LogP contribution >= 0.6 is 0 Å². The zero-order chi connectivity index (χ0) is 23.1. The monoisotopic (exact) mass is 443 g/mol. The smallest absolute Gasteiger partial charge is 0.251 e. The molecule has 0 bridgehead atoms. The van der Waals surface area contributed by atoms with Crippen molar-refractivity contribution in [3.05, 3.63) is 65.2 Å². The molecule has 1 aliphatic heterocycles. The molecule has 2 unspecified atom stereocenters. The quantitative estimate of drug-likeness (QED) is 0.453. The minimum absolute atomic E-state index is 0.0202. The van der Waals surface area contributed by atoms with E-state index in [-0.39, 0.29) is 23.7 Å². The number of carbonyl (C=O) groups is 1. The van der Waals surface area contributed by atoms with Gasteiger partial charge >= 0.3 is 0 Å². The van der Waals surface area contributed by atoms with Gasteiger partial charge in [-0.2, -0.15) is 0 Å². The fourth-order valence-corrected chi connectivity index (χ4v) is 3.63. The first kappa shape index (κ1) is 23.5. The molecule has 2 atom stereocenters. The van der Waals surface area contributed by atoms with Gasteiger partial charge in [0.15, 0.2) is 5.96 Å². The summed E-state index contributed by atoms with van der Waals surface area (Å²) < 4.78 is 28.1. The second kappa shape index (κ2) is 10.9. The number of hydrogen-bond donors (Lipinski definition) is 3. The Morgan fingerprint density at radius 2 is 1.88 bits per heavy atom. The van der Waals surface area contributed by atoms with Crippen LogP contribution < -0.4 is 20.9 Å². The molecule has 0 aromatic heterocycles. The van der Waals surface area contributed by atoms with E-state index in [2.05, 4.69) is 20.9 Å². The molecule has 3 N–H and O–H groups in total. The van der Waals surface area contributed by atoms with E-state index in [1.54, 1.807) is 11.9 Å². The second-order valence-corrected chi connectivity index (χ2v) is 8.05. The van der Waals surface area contributed by atoms with Gasteiger partial charge in [-0.25, -0.2) is 8.78 Å². The first-order valence-corrected chi connectivity index (χ1v) is 11.0. The molecule has 3 rings (SSSR count). The van der Waals surface area contributed by atoms with Crippen LogP contribution in [0.15, 0.2) is 47.5 Å². The van der Waals surface area contributed by atoms with Crippen molar-refractivity contribution in [1.29, 1.82) is 0 Å². The van der Waals surface area contributed by atoms with Gasteiger partial charge in [-0.15, -0.1) is 0 Å². The number of anilines is 1. The minimum atomic E-state index is -0.547. The Hall–Kier alpha value is -3.16. The molecule has 8 heteroatoms. The van der Waals surface area contributed by atoms with Crippen LogP contribution in [0.3, 0.4) is 0 Å². The molecule has 1 saturated heterocycles. The molecule has 0 saturated carbocycles. The van der Waals surface area contributed by atoms with Crippen molar-refractivity contribution in [3.8, 4) is 0 Å². The van der Waals surface area contributed by atoms with Crippen LogP contribution in [0.25, 0.3) is 0 Å². The van der Waals surface area contributed by atoms with Crippen LogP contribution in [-0.4, -0.2) is 44.1 Å². The molecule has 0 spiro atoms. The lowest BCUT2D eigenvalue weighted by molar-refractivity contribution is 0.0939. The fourth-order valence-electron chi connectivity index (χ4n) is 3.63. The molecular weight excluding hydrogens is 412 g/mol. The van der Waals surface area contributed by atoms with Crippen molar-refractivity contribution >= 4 is 17.6 Å². The Morgan fingerprint density at radius 3 is 2.50 bits per heavy atom. The lowest BCUT2D eigenvalue weighted by Crippen LogP contribution is -2.44. The predicted molar refractivity (Wildman–Crippen MR) is 124 cm³/mol. The van der Waals surface area contributed by atoms with E-state index in [1.165, 1.54) is 18.2 Å². The van der Waals surface area contributed by atoms with Crippen LogP contribution in [0, 0.1) is 11.6 Å². The number of hydrogen-bond acceptors (Lipinski definition) is 3. The van der Waals surface area contributed by atoms with E-state index >= 15 is 0 Å². The first-order chi connectivity index (χ1) is 15.4. The van der Waals surface area contributed by atoms with Crippen LogP contribution in [0.2, 0.25) is 0 Å². The summed E-state index contributed by atoms with van der Waals surface area (Å²) in [4.78, 5) is 18.2. The average Bonchev–Trinajstić information content (AvgIpc) is 3.24. The van der Waals surface area contributed by atoms with Crippen molar-refractivity contribution in [1.82, 2.24) is 16.0 Å². The number of para-hydroxylation sites is 1. The number of nitrogens with zero attached hydrogens (tertiary/aromatic N) is 2. The third-order valence-electron chi connectivity index (χ3n) is 5.67. The molecule has 1 heterocycles. The Kier molecular flexibility index (Phi) is 8.03. The summed E-state index contributed by atoms with van der Waals surface area (Å²) in [6.45, 7) is 5.59. The highest BCUT2D eigenvalue weighted by atomic mass is 19.1. The predicted octanol–water partition coefficient (Wildman–Crippen LogP) is 3.44. The summed E-state index contributed by atoms with van der Waals surface area (Å²) in [5.74, 6) is -0.554. The van der Waals surface area contributed by atoms with Gasteiger partial charge in [-0.1, -0.05) is 25.1 Å². The number of halogens is 2. The van der Waals surface area contributed by atoms with Gasteiger partial charge in [0.05, 0.1) is 0 Å². The maximum Gasteiger partial charge on any atom is 0.251 e. The van der Waals surface area contributed by atoms with Crippen LogP contribution in [0.1, 0.15) is 42.6 Å².